The van der Waals surface area contributed by atoms with Crippen molar-refractivity contribution in [1.29, 1.82) is 0 Å². The number of rotatable bonds is 9. The van der Waals surface area contributed by atoms with Crippen molar-refractivity contribution >= 4 is 52.2 Å². The molecule has 190 valence electrons. The van der Waals surface area contributed by atoms with Crippen molar-refractivity contribution in [2.75, 3.05) is 17.2 Å². The number of halogens is 2. The molecule has 0 spiro atoms. The third-order valence-electron chi connectivity index (χ3n) is 5.52. The molecule has 0 saturated heterocycles. The monoisotopic (exact) mass is 531 g/mol. The van der Waals surface area contributed by atoms with E-state index in [2.05, 4.69) is 9.69 Å². The first-order valence-electron chi connectivity index (χ1n) is 11.2. The molecular weight excluding hydrogens is 505 g/mol. The zero-order chi connectivity index (χ0) is 26.6. The highest BCUT2D eigenvalue weighted by Crippen LogP contribution is 2.35. The lowest BCUT2D eigenvalue weighted by Gasteiger charge is -2.31. The number of aromatic nitrogens is 1. The van der Waals surface area contributed by atoms with E-state index in [-0.39, 0.29) is 16.3 Å². The lowest BCUT2D eigenvalue weighted by atomic mass is 10.0. The average Bonchev–Trinajstić information content (AvgIpc) is 3.21. The summed E-state index contributed by atoms with van der Waals surface area (Å²) in [6.45, 7) is 6.22. The summed E-state index contributed by atoms with van der Waals surface area (Å²) in [6, 6.07) is 8.99. The van der Waals surface area contributed by atoms with Crippen molar-refractivity contribution in [2.24, 2.45) is 11.7 Å². The molecule has 0 aliphatic rings. The minimum atomic E-state index is -1.21. The third-order valence-corrected chi connectivity index (χ3v) is 6.78. The van der Waals surface area contributed by atoms with Gasteiger partial charge in [-0.15, -0.1) is 0 Å². The number of hydrogen-bond donors (Lipinski definition) is 3. The number of carbonyl (C=O) groups excluding carboxylic acids is 3. The summed E-state index contributed by atoms with van der Waals surface area (Å²) in [5.41, 5.74) is 12.4. The van der Waals surface area contributed by atoms with Crippen LogP contribution in [-0.2, 0) is 4.79 Å². The van der Waals surface area contributed by atoms with E-state index in [1.54, 1.807) is 25.1 Å². The molecule has 0 aliphatic carbocycles. The second-order valence-corrected chi connectivity index (χ2v) is 9.86. The highest BCUT2D eigenvalue weighted by atomic mass is 35.5. The average molecular weight is 532 g/mol. The highest BCUT2D eigenvalue weighted by molar-refractivity contribution is 7.09. The molecular formula is C25H27ClFN5O3S. The Balaban J connectivity index is 2.18. The van der Waals surface area contributed by atoms with E-state index in [1.165, 1.54) is 29.2 Å². The Bertz CT molecular complexity index is 1280. The van der Waals surface area contributed by atoms with Crippen molar-refractivity contribution in [3.63, 3.8) is 0 Å². The summed E-state index contributed by atoms with van der Waals surface area (Å²) in [5, 5.41) is 3.24. The second kappa shape index (κ2) is 11.5. The summed E-state index contributed by atoms with van der Waals surface area (Å²) in [4.78, 5) is 40.3. The van der Waals surface area contributed by atoms with Gasteiger partial charge in [-0.1, -0.05) is 43.6 Å². The molecule has 0 radical (unpaired) electrons. The van der Waals surface area contributed by atoms with Gasteiger partial charge < -0.3 is 16.8 Å². The lowest BCUT2D eigenvalue weighted by molar-refractivity contribution is -0.122. The van der Waals surface area contributed by atoms with E-state index in [9.17, 15) is 18.8 Å². The number of benzene rings is 2. The molecule has 3 aromatic rings. The Morgan fingerprint density at radius 3 is 2.39 bits per heavy atom. The van der Waals surface area contributed by atoms with Gasteiger partial charge in [0.05, 0.1) is 5.69 Å². The number of primary amides is 1. The second-order valence-electron chi connectivity index (χ2n) is 8.67. The molecule has 5 N–H and O–H groups in total. The van der Waals surface area contributed by atoms with E-state index < -0.39 is 29.6 Å². The number of amides is 3. The molecule has 1 atom stereocenters. The Morgan fingerprint density at radius 2 is 1.83 bits per heavy atom. The molecule has 1 heterocycles. The number of nitrogens with zero attached hydrogens (tertiary/aromatic N) is 2. The Hall–Kier alpha value is -3.50. The lowest BCUT2D eigenvalue weighted by Crippen LogP contribution is -2.44. The molecule has 0 saturated carbocycles. The van der Waals surface area contributed by atoms with E-state index in [0.29, 0.717) is 40.3 Å². The number of aryl methyl sites for hydroxylation is 1. The van der Waals surface area contributed by atoms with Crippen LogP contribution in [-0.4, -0.2) is 28.6 Å². The number of carbonyl (C=O) groups is 3. The van der Waals surface area contributed by atoms with Gasteiger partial charge >= 0.3 is 0 Å². The predicted octanol–water partition coefficient (Wildman–Crippen LogP) is 4.48. The summed E-state index contributed by atoms with van der Waals surface area (Å²) < 4.78 is 17.7. The fourth-order valence-corrected chi connectivity index (χ4v) is 4.41. The van der Waals surface area contributed by atoms with Crippen LogP contribution in [0.4, 0.5) is 15.8 Å². The van der Waals surface area contributed by atoms with Gasteiger partial charge in [-0.25, -0.2) is 4.39 Å². The summed E-state index contributed by atoms with van der Waals surface area (Å²) in [5.74, 6) is -2.20. The van der Waals surface area contributed by atoms with Gasteiger partial charge in [-0.2, -0.15) is 4.37 Å². The Morgan fingerprint density at radius 1 is 1.17 bits per heavy atom. The smallest absolute Gasteiger partial charge is 0.273 e. The van der Waals surface area contributed by atoms with Crippen LogP contribution >= 0.6 is 23.1 Å². The fraction of sp³-hybridized carbons (Fsp3) is 0.280. The van der Waals surface area contributed by atoms with Crippen LogP contribution in [0.2, 0.25) is 5.02 Å². The van der Waals surface area contributed by atoms with Gasteiger partial charge in [0.25, 0.3) is 11.8 Å². The van der Waals surface area contributed by atoms with E-state index in [0.717, 1.165) is 12.0 Å². The normalized spacial score (nSPS) is 11.8. The first kappa shape index (κ1) is 27.1. The maximum atomic E-state index is 13.9. The number of hydrogen-bond acceptors (Lipinski definition) is 6. The first-order valence-corrected chi connectivity index (χ1v) is 12.3. The van der Waals surface area contributed by atoms with Crippen LogP contribution in [0.5, 0.6) is 0 Å². The minimum Gasteiger partial charge on any atom is -0.395 e. The number of anilines is 2. The molecule has 1 aromatic heterocycles. The minimum absolute atomic E-state index is 0.0670. The quantitative estimate of drug-likeness (QED) is 0.374. The van der Waals surface area contributed by atoms with Crippen molar-refractivity contribution in [3.05, 3.63) is 75.0 Å². The molecule has 0 aliphatic heterocycles. The van der Waals surface area contributed by atoms with Crippen molar-refractivity contribution < 1.29 is 18.8 Å². The molecule has 3 amide bonds. The van der Waals surface area contributed by atoms with E-state index in [4.69, 9.17) is 23.1 Å². The number of nitrogens with one attached hydrogen (secondary N) is 1. The zero-order valence-electron chi connectivity index (χ0n) is 20.0. The summed E-state index contributed by atoms with van der Waals surface area (Å²) in [6.07, 6.45) is 0.718. The van der Waals surface area contributed by atoms with Gasteiger partial charge in [0.15, 0.2) is 5.69 Å². The fourth-order valence-electron chi connectivity index (χ4n) is 3.50. The zero-order valence-corrected chi connectivity index (χ0v) is 21.6. The van der Waals surface area contributed by atoms with Gasteiger partial charge in [0, 0.05) is 17.3 Å². The molecule has 0 unspecified atom stereocenters. The van der Waals surface area contributed by atoms with Crippen LogP contribution in [0.15, 0.2) is 42.5 Å². The summed E-state index contributed by atoms with van der Waals surface area (Å²) >= 11 is 7.07. The molecule has 11 heteroatoms. The van der Waals surface area contributed by atoms with Crippen LogP contribution < -0.4 is 21.7 Å². The van der Waals surface area contributed by atoms with E-state index in [1.807, 2.05) is 13.8 Å². The number of nitrogens with two attached hydrogens (primary N) is 2. The standard InChI is InChI=1S/C25H27ClFN5O3S/c1-13(2)10-11-30-24(34)21(15-5-7-16(27)8-6-15)32(17-9-4-14(3)18(26)12-17)25(35)22-19(28)20(23(29)33)31-36-22/h4-9,12-13,21H,10-11,28H2,1-3H3,(H2,29,33)(H,30,34)/t21-/m1/s1. The third kappa shape index (κ3) is 6.00. The molecule has 2 aromatic carbocycles. The Labute approximate surface area is 217 Å². The van der Waals surface area contributed by atoms with Crippen molar-refractivity contribution in [1.82, 2.24) is 9.69 Å². The largest absolute Gasteiger partial charge is 0.395 e. The van der Waals surface area contributed by atoms with E-state index >= 15 is 0 Å². The van der Waals surface area contributed by atoms with Gasteiger partial charge in [-0.05, 0) is 66.2 Å². The predicted molar refractivity (Wildman–Crippen MR) is 140 cm³/mol. The SMILES string of the molecule is Cc1ccc(N(C(=O)c2snc(C(N)=O)c2N)[C@@H](C(=O)NCCC(C)C)c2ccc(F)cc2)cc1Cl. The summed E-state index contributed by atoms with van der Waals surface area (Å²) in [7, 11) is 0. The van der Waals surface area contributed by atoms with Crippen molar-refractivity contribution in [2.45, 2.75) is 33.2 Å². The topological polar surface area (TPSA) is 131 Å². The Kier molecular flexibility index (Phi) is 8.65. The molecule has 36 heavy (non-hydrogen) atoms. The van der Waals surface area contributed by atoms with Gasteiger partial charge in [0.2, 0.25) is 5.91 Å². The maximum Gasteiger partial charge on any atom is 0.273 e. The van der Waals surface area contributed by atoms with Crippen LogP contribution in [0.3, 0.4) is 0 Å². The number of nitrogen functional groups attached to an aromatic ring is 1. The highest BCUT2D eigenvalue weighted by Gasteiger charge is 2.36. The van der Waals surface area contributed by atoms with Crippen molar-refractivity contribution in [3.8, 4) is 0 Å². The molecule has 0 bridgehead atoms. The van der Waals surface area contributed by atoms with Gasteiger partial charge in [-0.3, -0.25) is 19.3 Å². The maximum absolute atomic E-state index is 13.9. The molecule has 3 rings (SSSR count). The van der Waals surface area contributed by atoms with Crippen LogP contribution in [0, 0.1) is 18.7 Å². The van der Waals surface area contributed by atoms with Crippen LogP contribution in [0.25, 0.3) is 0 Å². The van der Waals surface area contributed by atoms with Crippen LogP contribution in [0.1, 0.15) is 57.6 Å². The van der Waals surface area contributed by atoms with Gasteiger partial charge in [0.1, 0.15) is 16.7 Å². The first-order chi connectivity index (χ1) is 17.0. The molecule has 0 fully saturated rings. The molecule has 8 nitrogen and oxygen atoms in total.